The van der Waals surface area contributed by atoms with Crippen molar-refractivity contribution in [2.45, 2.75) is 26.4 Å². The van der Waals surface area contributed by atoms with Crippen LogP contribution in [0.3, 0.4) is 0 Å². The quantitative estimate of drug-likeness (QED) is 0.617. The molecule has 0 aliphatic carbocycles. The van der Waals surface area contributed by atoms with Gasteiger partial charge in [-0.25, -0.2) is 0 Å². The summed E-state index contributed by atoms with van der Waals surface area (Å²) in [4.78, 5) is 0. The minimum atomic E-state index is -4.36. The number of hydrogen-bond acceptors (Lipinski definition) is 1. The third-order valence-corrected chi connectivity index (χ3v) is 1.26. The molecule has 1 nitrogen and oxygen atoms in total. The normalized spacial score (nSPS) is 14.6. The van der Waals surface area contributed by atoms with E-state index in [4.69, 9.17) is 5.26 Å². The second kappa shape index (κ2) is 3.61. The maximum absolute atomic E-state index is 11.9. The zero-order valence-corrected chi connectivity index (χ0v) is 6.44. The second-order valence-electron chi connectivity index (χ2n) is 2.85. The highest BCUT2D eigenvalue weighted by molar-refractivity contribution is 4.88. The largest absolute Gasteiger partial charge is 0.404 e. The third kappa shape index (κ3) is 3.87. The molecule has 0 radical (unpaired) electrons. The van der Waals surface area contributed by atoms with E-state index in [0.29, 0.717) is 0 Å². The molecule has 1 atom stereocenters. The zero-order chi connectivity index (χ0) is 9.07. The van der Waals surface area contributed by atoms with Crippen molar-refractivity contribution in [1.82, 2.24) is 0 Å². The van der Waals surface area contributed by atoms with Gasteiger partial charge in [-0.1, -0.05) is 13.8 Å². The van der Waals surface area contributed by atoms with E-state index >= 15 is 0 Å². The predicted molar refractivity (Wildman–Crippen MR) is 34.6 cm³/mol. The van der Waals surface area contributed by atoms with Crippen LogP contribution in [-0.4, -0.2) is 6.18 Å². The number of nitriles is 1. The molecule has 0 aromatic carbocycles. The lowest BCUT2D eigenvalue weighted by molar-refractivity contribution is -0.162. The fourth-order valence-electron chi connectivity index (χ4n) is 0.731. The van der Waals surface area contributed by atoms with E-state index in [1.807, 2.05) is 0 Å². The zero-order valence-electron chi connectivity index (χ0n) is 6.44. The number of halogens is 3. The SMILES string of the molecule is CC(C)CC(C#N)C(F)(F)F. The molecule has 64 valence electrons. The standard InChI is InChI=1S/C7H10F3N/c1-5(2)3-6(4-11)7(8,9)10/h5-6H,3H2,1-2H3. The van der Waals surface area contributed by atoms with Gasteiger partial charge in [-0.05, 0) is 12.3 Å². The molecule has 0 N–H and O–H groups in total. The highest BCUT2D eigenvalue weighted by atomic mass is 19.4. The van der Waals surface area contributed by atoms with Gasteiger partial charge in [-0.3, -0.25) is 0 Å². The van der Waals surface area contributed by atoms with Crippen molar-refractivity contribution in [3.05, 3.63) is 0 Å². The van der Waals surface area contributed by atoms with E-state index < -0.39 is 12.1 Å². The monoisotopic (exact) mass is 165 g/mol. The Hall–Kier alpha value is -0.720. The highest BCUT2D eigenvalue weighted by Crippen LogP contribution is 2.30. The van der Waals surface area contributed by atoms with Crippen molar-refractivity contribution >= 4 is 0 Å². The van der Waals surface area contributed by atoms with Gasteiger partial charge in [0, 0.05) is 0 Å². The van der Waals surface area contributed by atoms with Crippen LogP contribution in [0.15, 0.2) is 0 Å². The molecule has 0 amide bonds. The van der Waals surface area contributed by atoms with Gasteiger partial charge in [0.25, 0.3) is 0 Å². The maximum atomic E-state index is 11.9. The number of hydrogen-bond donors (Lipinski definition) is 0. The molecule has 0 aromatic rings. The predicted octanol–water partition coefficient (Wildman–Crippen LogP) is 2.73. The summed E-state index contributed by atoms with van der Waals surface area (Å²) in [6.45, 7) is 3.33. The Morgan fingerprint density at radius 1 is 1.36 bits per heavy atom. The first-order chi connectivity index (χ1) is 4.88. The van der Waals surface area contributed by atoms with Crippen LogP contribution in [0.5, 0.6) is 0 Å². The van der Waals surface area contributed by atoms with E-state index in [1.54, 1.807) is 13.8 Å². The first-order valence-corrected chi connectivity index (χ1v) is 3.34. The summed E-state index contributed by atoms with van der Waals surface area (Å²) < 4.78 is 35.6. The van der Waals surface area contributed by atoms with Crippen molar-refractivity contribution in [3.63, 3.8) is 0 Å². The van der Waals surface area contributed by atoms with Gasteiger partial charge < -0.3 is 0 Å². The summed E-state index contributed by atoms with van der Waals surface area (Å²) in [5, 5.41) is 8.14. The lowest BCUT2D eigenvalue weighted by atomic mass is 9.98. The minimum absolute atomic E-state index is 0.0960. The van der Waals surface area contributed by atoms with Gasteiger partial charge in [0.15, 0.2) is 0 Å². The average molecular weight is 165 g/mol. The molecule has 0 saturated heterocycles. The summed E-state index contributed by atoms with van der Waals surface area (Å²) >= 11 is 0. The maximum Gasteiger partial charge on any atom is 0.404 e. The van der Waals surface area contributed by atoms with Crippen LogP contribution in [0.1, 0.15) is 20.3 Å². The average Bonchev–Trinajstić information content (AvgIpc) is 1.79. The minimum Gasteiger partial charge on any atom is -0.198 e. The Bertz CT molecular complexity index is 154. The topological polar surface area (TPSA) is 23.8 Å². The molecule has 4 heteroatoms. The summed E-state index contributed by atoms with van der Waals surface area (Å²) in [7, 11) is 0. The summed E-state index contributed by atoms with van der Waals surface area (Å²) in [6, 6.07) is 1.25. The highest BCUT2D eigenvalue weighted by Gasteiger charge is 2.39. The molecule has 11 heavy (non-hydrogen) atoms. The lowest BCUT2D eigenvalue weighted by Crippen LogP contribution is -2.22. The van der Waals surface area contributed by atoms with Crippen LogP contribution >= 0.6 is 0 Å². The van der Waals surface area contributed by atoms with E-state index in [-0.39, 0.29) is 12.3 Å². The smallest absolute Gasteiger partial charge is 0.198 e. The molecule has 0 fully saturated rings. The fraction of sp³-hybridized carbons (Fsp3) is 0.857. The van der Waals surface area contributed by atoms with Crippen molar-refractivity contribution in [1.29, 1.82) is 5.26 Å². The molecule has 0 aliphatic heterocycles. The molecule has 0 aromatic heterocycles. The number of alkyl halides is 3. The van der Waals surface area contributed by atoms with E-state index in [1.165, 1.54) is 6.07 Å². The number of nitrogens with zero attached hydrogens (tertiary/aromatic N) is 1. The molecule has 0 saturated carbocycles. The van der Waals surface area contributed by atoms with Crippen LogP contribution < -0.4 is 0 Å². The third-order valence-electron chi connectivity index (χ3n) is 1.26. The fourth-order valence-corrected chi connectivity index (χ4v) is 0.731. The Balaban J connectivity index is 4.11. The van der Waals surface area contributed by atoms with Crippen LogP contribution in [0.4, 0.5) is 13.2 Å². The second-order valence-corrected chi connectivity index (χ2v) is 2.85. The Morgan fingerprint density at radius 2 is 1.82 bits per heavy atom. The molecule has 0 rings (SSSR count). The van der Waals surface area contributed by atoms with Gasteiger partial charge >= 0.3 is 6.18 Å². The van der Waals surface area contributed by atoms with Gasteiger partial charge in [-0.15, -0.1) is 0 Å². The lowest BCUT2D eigenvalue weighted by Gasteiger charge is -2.14. The van der Waals surface area contributed by atoms with E-state index in [2.05, 4.69) is 0 Å². The summed E-state index contributed by atoms with van der Waals surface area (Å²) in [6.07, 6.45) is -4.47. The van der Waals surface area contributed by atoms with Crippen LogP contribution in [-0.2, 0) is 0 Å². The number of rotatable bonds is 2. The molecule has 0 spiro atoms. The van der Waals surface area contributed by atoms with Crippen LogP contribution in [0.2, 0.25) is 0 Å². The molecule has 1 unspecified atom stereocenters. The van der Waals surface area contributed by atoms with Crippen LogP contribution in [0, 0.1) is 23.2 Å². The summed E-state index contributed by atoms with van der Waals surface area (Å²) in [5.41, 5.74) is 0. The Morgan fingerprint density at radius 3 is 1.91 bits per heavy atom. The molecule has 0 bridgehead atoms. The Kier molecular flexibility index (Phi) is 3.37. The molecule has 0 heterocycles. The van der Waals surface area contributed by atoms with Crippen molar-refractivity contribution in [3.8, 4) is 6.07 Å². The van der Waals surface area contributed by atoms with Crippen molar-refractivity contribution in [2.24, 2.45) is 11.8 Å². The first-order valence-electron chi connectivity index (χ1n) is 3.34. The molecule has 0 aliphatic rings. The van der Waals surface area contributed by atoms with Gasteiger partial charge in [0.2, 0.25) is 0 Å². The van der Waals surface area contributed by atoms with Gasteiger partial charge in [0.05, 0.1) is 6.07 Å². The van der Waals surface area contributed by atoms with E-state index in [9.17, 15) is 13.2 Å². The first kappa shape index (κ1) is 10.3. The van der Waals surface area contributed by atoms with Crippen molar-refractivity contribution < 1.29 is 13.2 Å². The van der Waals surface area contributed by atoms with Gasteiger partial charge in [0.1, 0.15) is 5.92 Å². The molecular formula is C7H10F3N. The van der Waals surface area contributed by atoms with Gasteiger partial charge in [-0.2, -0.15) is 18.4 Å². The van der Waals surface area contributed by atoms with Crippen molar-refractivity contribution in [2.75, 3.05) is 0 Å². The summed E-state index contributed by atoms with van der Waals surface area (Å²) in [5.74, 6) is -1.90. The van der Waals surface area contributed by atoms with Crippen LogP contribution in [0.25, 0.3) is 0 Å². The van der Waals surface area contributed by atoms with E-state index in [0.717, 1.165) is 0 Å². The molecular weight excluding hydrogens is 155 g/mol. The Labute approximate surface area is 63.8 Å².